The van der Waals surface area contributed by atoms with E-state index in [2.05, 4.69) is 16.0 Å². The second-order valence-electron chi connectivity index (χ2n) is 7.11. The van der Waals surface area contributed by atoms with E-state index in [0.717, 1.165) is 5.56 Å². The van der Waals surface area contributed by atoms with Gasteiger partial charge < -0.3 is 20.9 Å². The minimum Gasteiger partial charge on any atom is -0.336 e. The topological polar surface area (TPSA) is 73.5 Å². The van der Waals surface area contributed by atoms with Crippen molar-refractivity contribution in [3.05, 3.63) is 65.5 Å². The molecule has 1 fully saturated rings. The number of amides is 3. The van der Waals surface area contributed by atoms with E-state index >= 15 is 0 Å². The van der Waals surface area contributed by atoms with Crippen molar-refractivity contribution in [1.82, 2.24) is 15.5 Å². The predicted octanol–water partition coefficient (Wildman–Crippen LogP) is 3.14. The van der Waals surface area contributed by atoms with E-state index in [0.29, 0.717) is 30.9 Å². The normalized spacial score (nSPS) is 16.7. The Morgan fingerprint density at radius 3 is 2.71 bits per heavy atom. The van der Waals surface area contributed by atoms with Crippen molar-refractivity contribution in [2.24, 2.45) is 0 Å². The molecule has 1 aliphatic heterocycles. The van der Waals surface area contributed by atoms with Gasteiger partial charge in [-0.3, -0.25) is 4.79 Å². The van der Waals surface area contributed by atoms with Crippen molar-refractivity contribution in [2.75, 3.05) is 25.0 Å². The van der Waals surface area contributed by atoms with Gasteiger partial charge in [0, 0.05) is 36.9 Å². The highest BCUT2D eigenvalue weighted by molar-refractivity contribution is 5.97. The van der Waals surface area contributed by atoms with Crippen molar-refractivity contribution in [3.63, 3.8) is 0 Å². The number of hydrogen-bond donors (Lipinski definition) is 3. The molecule has 28 heavy (non-hydrogen) atoms. The van der Waals surface area contributed by atoms with Gasteiger partial charge in [-0.15, -0.1) is 0 Å². The Morgan fingerprint density at radius 1 is 1.18 bits per heavy atom. The van der Waals surface area contributed by atoms with Crippen molar-refractivity contribution in [2.45, 2.75) is 25.9 Å². The molecule has 0 spiro atoms. The molecule has 7 heteroatoms. The highest BCUT2D eigenvalue weighted by atomic mass is 19.1. The van der Waals surface area contributed by atoms with Crippen LogP contribution in [-0.4, -0.2) is 42.5 Å². The zero-order valence-corrected chi connectivity index (χ0v) is 16.0. The maximum absolute atomic E-state index is 13.7. The first kappa shape index (κ1) is 19.8. The largest absolute Gasteiger partial charge is 0.336 e. The molecule has 0 saturated carbocycles. The van der Waals surface area contributed by atoms with Crippen LogP contribution < -0.4 is 16.0 Å². The minimum atomic E-state index is -0.321. The fourth-order valence-corrected chi connectivity index (χ4v) is 3.28. The molecule has 1 heterocycles. The number of anilines is 1. The van der Waals surface area contributed by atoms with Crippen LogP contribution in [0.25, 0.3) is 0 Å². The van der Waals surface area contributed by atoms with Crippen LogP contribution in [0.2, 0.25) is 0 Å². The number of rotatable bonds is 4. The van der Waals surface area contributed by atoms with Gasteiger partial charge in [-0.25, -0.2) is 9.18 Å². The quantitative estimate of drug-likeness (QED) is 0.758. The summed E-state index contributed by atoms with van der Waals surface area (Å²) in [6, 6.07) is 12.6. The van der Waals surface area contributed by atoms with Gasteiger partial charge in [-0.05, 0) is 49.7 Å². The second-order valence-corrected chi connectivity index (χ2v) is 7.11. The summed E-state index contributed by atoms with van der Waals surface area (Å²) in [7, 11) is 0. The first-order chi connectivity index (χ1) is 13.4. The smallest absolute Gasteiger partial charge is 0.319 e. The van der Waals surface area contributed by atoms with Crippen molar-refractivity contribution >= 4 is 17.6 Å². The molecular weight excluding hydrogens is 359 g/mol. The zero-order valence-electron chi connectivity index (χ0n) is 16.0. The van der Waals surface area contributed by atoms with Gasteiger partial charge in [0.05, 0.1) is 6.04 Å². The SMILES string of the molecule is CC(C)NC(=O)Nc1cccc(C(=O)N2CCNCC2c2cccc(F)c2)c1. The lowest BCUT2D eigenvalue weighted by Crippen LogP contribution is -2.48. The summed E-state index contributed by atoms with van der Waals surface area (Å²) in [6.07, 6.45) is 0. The molecule has 0 radical (unpaired) electrons. The second kappa shape index (κ2) is 8.84. The molecule has 1 saturated heterocycles. The van der Waals surface area contributed by atoms with Crippen LogP contribution in [0.4, 0.5) is 14.9 Å². The molecule has 0 bridgehead atoms. The molecule has 3 rings (SSSR count). The van der Waals surface area contributed by atoms with Gasteiger partial charge in [0.2, 0.25) is 0 Å². The van der Waals surface area contributed by atoms with Crippen LogP contribution in [0.3, 0.4) is 0 Å². The maximum Gasteiger partial charge on any atom is 0.319 e. The Bertz CT molecular complexity index is 856. The van der Waals surface area contributed by atoms with Crippen LogP contribution >= 0.6 is 0 Å². The Morgan fingerprint density at radius 2 is 1.96 bits per heavy atom. The van der Waals surface area contributed by atoms with E-state index in [1.165, 1.54) is 12.1 Å². The zero-order chi connectivity index (χ0) is 20.1. The number of urea groups is 1. The van der Waals surface area contributed by atoms with E-state index in [-0.39, 0.29) is 29.8 Å². The Kier molecular flexibility index (Phi) is 6.26. The van der Waals surface area contributed by atoms with Crippen LogP contribution in [0, 0.1) is 5.82 Å². The molecule has 1 atom stereocenters. The molecule has 2 aromatic carbocycles. The number of hydrogen-bond acceptors (Lipinski definition) is 3. The van der Waals surface area contributed by atoms with Crippen molar-refractivity contribution in [1.29, 1.82) is 0 Å². The Labute approximate surface area is 164 Å². The minimum absolute atomic E-state index is 0.0118. The first-order valence-corrected chi connectivity index (χ1v) is 9.39. The van der Waals surface area contributed by atoms with E-state index in [9.17, 15) is 14.0 Å². The summed E-state index contributed by atoms with van der Waals surface area (Å²) < 4.78 is 13.7. The van der Waals surface area contributed by atoms with Crippen LogP contribution in [0.1, 0.15) is 35.8 Å². The number of piperazine rings is 1. The summed E-state index contributed by atoms with van der Waals surface area (Å²) in [5.74, 6) is -0.471. The molecule has 3 amide bonds. The molecule has 6 nitrogen and oxygen atoms in total. The number of carbonyl (C=O) groups excluding carboxylic acids is 2. The molecule has 3 N–H and O–H groups in total. The monoisotopic (exact) mass is 384 g/mol. The van der Waals surface area contributed by atoms with Gasteiger partial charge in [-0.2, -0.15) is 0 Å². The van der Waals surface area contributed by atoms with Gasteiger partial charge in [-0.1, -0.05) is 18.2 Å². The molecule has 0 aromatic heterocycles. The molecule has 2 aromatic rings. The molecule has 1 unspecified atom stereocenters. The fourth-order valence-electron chi connectivity index (χ4n) is 3.28. The highest BCUT2D eigenvalue weighted by Crippen LogP contribution is 2.25. The van der Waals surface area contributed by atoms with E-state index < -0.39 is 0 Å². The maximum atomic E-state index is 13.7. The summed E-state index contributed by atoms with van der Waals surface area (Å²) in [4.78, 5) is 26.8. The van der Waals surface area contributed by atoms with Crippen molar-refractivity contribution in [3.8, 4) is 0 Å². The van der Waals surface area contributed by atoms with E-state index in [1.54, 1.807) is 35.2 Å². The van der Waals surface area contributed by atoms with E-state index in [1.807, 2.05) is 19.9 Å². The van der Waals surface area contributed by atoms with Gasteiger partial charge in [0.25, 0.3) is 5.91 Å². The highest BCUT2D eigenvalue weighted by Gasteiger charge is 2.29. The lowest BCUT2D eigenvalue weighted by atomic mass is 10.0. The number of halogens is 1. The van der Waals surface area contributed by atoms with E-state index in [4.69, 9.17) is 0 Å². The van der Waals surface area contributed by atoms with Gasteiger partial charge in [0.15, 0.2) is 0 Å². The number of nitrogens with one attached hydrogen (secondary N) is 3. The van der Waals surface area contributed by atoms with Crippen LogP contribution in [0.5, 0.6) is 0 Å². The first-order valence-electron chi connectivity index (χ1n) is 9.39. The molecular formula is C21H25FN4O2. The van der Waals surface area contributed by atoms with Crippen LogP contribution in [0.15, 0.2) is 48.5 Å². The third-order valence-electron chi connectivity index (χ3n) is 4.52. The number of carbonyl (C=O) groups is 2. The molecule has 148 valence electrons. The summed E-state index contributed by atoms with van der Waals surface area (Å²) in [6.45, 7) is 5.49. The lowest BCUT2D eigenvalue weighted by molar-refractivity contribution is 0.0634. The Balaban J connectivity index is 1.79. The Hall–Kier alpha value is -2.93. The summed E-state index contributed by atoms with van der Waals surface area (Å²) in [5, 5.41) is 8.75. The lowest BCUT2D eigenvalue weighted by Gasteiger charge is -2.36. The third kappa shape index (κ3) is 4.86. The standard InChI is InChI=1S/C21H25FN4O2/c1-14(2)24-21(28)25-18-8-4-6-16(12-18)20(27)26-10-9-23-13-19(26)15-5-3-7-17(22)11-15/h3-8,11-12,14,19,23H,9-10,13H2,1-2H3,(H2,24,25,28). The average molecular weight is 384 g/mol. The van der Waals surface area contributed by atoms with Gasteiger partial charge in [0.1, 0.15) is 5.82 Å². The summed E-state index contributed by atoms with van der Waals surface area (Å²) in [5.41, 5.74) is 1.78. The fraction of sp³-hybridized carbons (Fsp3) is 0.333. The van der Waals surface area contributed by atoms with Crippen molar-refractivity contribution < 1.29 is 14.0 Å². The molecule has 0 aliphatic carbocycles. The number of nitrogens with zero attached hydrogens (tertiary/aromatic N) is 1. The predicted molar refractivity (Wildman–Crippen MR) is 107 cm³/mol. The van der Waals surface area contributed by atoms with Gasteiger partial charge >= 0.3 is 6.03 Å². The average Bonchev–Trinajstić information content (AvgIpc) is 2.67. The molecule has 1 aliphatic rings. The number of benzene rings is 2. The third-order valence-corrected chi connectivity index (χ3v) is 4.52. The summed E-state index contributed by atoms with van der Waals surface area (Å²) >= 11 is 0. The van der Waals surface area contributed by atoms with Crippen LogP contribution in [-0.2, 0) is 0 Å².